The molecule has 0 spiro atoms. The molecular weight excluding hydrogens is 466 g/mol. The van der Waals surface area contributed by atoms with Crippen LogP contribution in [0.1, 0.15) is 71.2 Å². The Morgan fingerprint density at radius 1 is 0.946 bits per heavy atom. The van der Waals surface area contributed by atoms with Crippen LogP contribution in [0.2, 0.25) is 0 Å². The van der Waals surface area contributed by atoms with Crippen LogP contribution in [0.25, 0.3) is 0 Å². The molecule has 0 bridgehead atoms. The summed E-state index contributed by atoms with van der Waals surface area (Å²) in [5.74, 6) is 1.86. The first-order valence-electron chi connectivity index (χ1n) is 12.5. The van der Waals surface area contributed by atoms with E-state index in [9.17, 15) is 14.4 Å². The number of hydrogen-bond acceptors (Lipinski definition) is 4. The lowest BCUT2D eigenvalue weighted by Crippen LogP contribution is -2.56. The lowest BCUT2D eigenvalue weighted by atomic mass is 9.98. The van der Waals surface area contributed by atoms with E-state index in [2.05, 4.69) is 16.6 Å². The minimum absolute atomic E-state index is 0.135. The molecule has 37 heavy (non-hydrogen) atoms. The summed E-state index contributed by atoms with van der Waals surface area (Å²) >= 11 is 0. The summed E-state index contributed by atoms with van der Waals surface area (Å²) in [5, 5.41) is 5.69. The molecule has 0 heterocycles. The molecule has 2 aromatic rings. The SMILES string of the molecule is C#Cc1ccc(C(C(=O)NC(C)C)N(C(=O)C(Cc2ccccc2)NC(=O)OC(C)(C)C)C(C)C)cc1. The van der Waals surface area contributed by atoms with Crippen LogP contribution in [0.5, 0.6) is 0 Å². The summed E-state index contributed by atoms with van der Waals surface area (Å²) in [6, 6.07) is 14.0. The Kier molecular flexibility index (Phi) is 10.3. The lowest BCUT2D eigenvalue weighted by molar-refractivity contribution is -0.144. The minimum Gasteiger partial charge on any atom is -0.444 e. The summed E-state index contributed by atoms with van der Waals surface area (Å²) in [6.45, 7) is 12.7. The van der Waals surface area contributed by atoms with Crippen molar-refractivity contribution in [3.05, 3.63) is 71.3 Å². The van der Waals surface area contributed by atoms with Gasteiger partial charge < -0.3 is 20.3 Å². The van der Waals surface area contributed by atoms with Gasteiger partial charge in [-0.05, 0) is 71.7 Å². The average molecular weight is 506 g/mol. The number of carbonyl (C=O) groups excluding carboxylic acids is 3. The summed E-state index contributed by atoms with van der Waals surface area (Å²) in [4.78, 5) is 41.9. The van der Waals surface area contributed by atoms with Crippen molar-refractivity contribution in [1.29, 1.82) is 0 Å². The van der Waals surface area contributed by atoms with Crippen LogP contribution in [-0.4, -0.2) is 46.5 Å². The molecule has 0 saturated heterocycles. The van der Waals surface area contributed by atoms with Gasteiger partial charge in [0, 0.05) is 24.1 Å². The molecule has 2 N–H and O–H groups in total. The number of carbonyl (C=O) groups is 3. The fourth-order valence-corrected chi connectivity index (χ4v) is 3.92. The second-order valence-corrected chi connectivity index (χ2v) is 10.6. The molecule has 0 saturated carbocycles. The van der Waals surface area contributed by atoms with Crippen LogP contribution < -0.4 is 10.6 Å². The number of ether oxygens (including phenoxy) is 1. The van der Waals surface area contributed by atoms with Crippen LogP contribution in [0, 0.1) is 12.3 Å². The zero-order chi connectivity index (χ0) is 27.8. The number of rotatable bonds is 9. The third kappa shape index (κ3) is 8.98. The summed E-state index contributed by atoms with van der Waals surface area (Å²) < 4.78 is 5.45. The molecule has 7 nitrogen and oxygen atoms in total. The molecule has 2 aromatic carbocycles. The van der Waals surface area contributed by atoms with Crippen molar-refractivity contribution in [2.45, 2.75) is 84.7 Å². The van der Waals surface area contributed by atoms with Gasteiger partial charge in [-0.15, -0.1) is 6.42 Å². The van der Waals surface area contributed by atoms with Gasteiger partial charge in [-0.1, -0.05) is 48.4 Å². The largest absolute Gasteiger partial charge is 0.444 e. The number of hydrogen-bond donors (Lipinski definition) is 2. The third-order valence-electron chi connectivity index (χ3n) is 5.43. The van der Waals surface area contributed by atoms with E-state index in [0.717, 1.165) is 5.56 Å². The van der Waals surface area contributed by atoms with E-state index in [1.54, 1.807) is 45.0 Å². The second kappa shape index (κ2) is 13.0. The number of alkyl carbamates (subject to hydrolysis) is 1. The fourth-order valence-electron chi connectivity index (χ4n) is 3.92. The lowest BCUT2D eigenvalue weighted by Gasteiger charge is -2.37. The molecule has 2 atom stereocenters. The molecule has 0 aliphatic carbocycles. The van der Waals surface area contributed by atoms with Crippen molar-refractivity contribution in [1.82, 2.24) is 15.5 Å². The first-order valence-corrected chi connectivity index (χ1v) is 12.5. The Labute approximate surface area is 221 Å². The Morgan fingerprint density at radius 2 is 1.54 bits per heavy atom. The Morgan fingerprint density at radius 3 is 2.03 bits per heavy atom. The van der Waals surface area contributed by atoms with Crippen LogP contribution in [0.4, 0.5) is 4.79 Å². The van der Waals surface area contributed by atoms with Crippen molar-refractivity contribution in [3.63, 3.8) is 0 Å². The number of terminal acetylenes is 1. The van der Waals surface area contributed by atoms with Gasteiger partial charge in [0.05, 0.1) is 0 Å². The monoisotopic (exact) mass is 505 g/mol. The van der Waals surface area contributed by atoms with Gasteiger partial charge in [0.25, 0.3) is 0 Å². The zero-order valence-electron chi connectivity index (χ0n) is 22.9. The molecule has 0 fully saturated rings. The topological polar surface area (TPSA) is 87.7 Å². The van der Waals surface area contributed by atoms with E-state index in [0.29, 0.717) is 11.1 Å². The van der Waals surface area contributed by atoms with Gasteiger partial charge in [0.2, 0.25) is 11.8 Å². The van der Waals surface area contributed by atoms with E-state index >= 15 is 0 Å². The smallest absolute Gasteiger partial charge is 0.408 e. The van der Waals surface area contributed by atoms with Crippen molar-refractivity contribution in [2.24, 2.45) is 0 Å². The number of nitrogens with zero attached hydrogens (tertiary/aromatic N) is 1. The summed E-state index contributed by atoms with van der Waals surface area (Å²) in [6.07, 6.45) is 5.05. The summed E-state index contributed by atoms with van der Waals surface area (Å²) in [5.41, 5.74) is 1.42. The minimum atomic E-state index is -0.959. The highest BCUT2D eigenvalue weighted by Gasteiger charge is 2.38. The van der Waals surface area contributed by atoms with E-state index in [1.807, 2.05) is 58.0 Å². The number of amides is 3. The van der Waals surface area contributed by atoms with Crippen LogP contribution in [0.15, 0.2) is 54.6 Å². The van der Waals surface area contributed by atoms with Crippen molar-refractivity contribution >= 4 is 17.9 Å². The zero-order valence-corrected chi connectivity index (χ0v) is 22.9. The van der Waals surface area contributed by atoms with Crippen molar-refractivity contribution in [2.75, 3.05) is 0 Å². The van der Waals surface area contributed by atoms with Gasteiger partial charge in [-0.3, -0.25) is 9.59 Å². The second-order valence-electron chi connectivity index (χ2n) is 10.6. The van der Waals surface area contributed by atoms with E-state index in [4.69, 9.17) is 11.2 Å². The maximum absolute atomic E-state index is 14.2. The van der Waals surface area contributed by atoms with Gasteiger partial charge in [-0.25, -0.2) is 4.79 Å². The highest BCUT2D eigenvalue weighted by Crippen LogP contribution is 2.26. The summed E-state index contributed by atoms with van der Waals surface area (Å²) in [7, 11) is 0. The van der Waals surface area contributed by atoms with Gasteiger partial charge in [0.15, 0.2) is 0 Å². The van der Waals surface area contributed by atoms with E-state index < -0.39 is 29.7 Å². The molecule has 0 aliphatic heterocycles. The fraction of sp³-hybridized carbons (Fsp3) is 0.433. The van der Waals surface area contributed by atoms with Crippen molar-refractivity contribution in [3.8, 4) is 12.3 Å². The van der Waals surface area contributed by atoms with Gasteiger partial charge >= 0.3 is 6.09 Å². The Balaban J connectivity index is 2.53. The van der Waals surface area contributed by atoms with Crippen LogP contribution in [0.3, 0.4) is 0 Å². The molecule has 2 unspecified atom stereocenters. The first kappa shape index (κ1) is 29.4. The average Bonchev–Trinajstić information content (AvgIpc) is 2.80. The van der Waals surface area contributed by atoms with E-state index in [-0.39, 0.29) is 24.4 Å². The third-order valence-corrected chi connectivity index (χ3v) is 5.43. The normalized spacial score (nSPS) is 12.9. The maximum Gasteiger partial charge on any atom is 0.408 e. The predicted octanol–water partition coefficient (Wildman–Crippen LogP) is 4.61. The quantitative estimate of drug-likeness (QED) is 0.488. The molecule has 0 radical (unpaired) electrons. The van der Waals surface area contributed by atoms with Crippen molar-refractivity contribution < 1.29 is 19.1 Å². The number of nitrogens with one attached hydrogen (secondary N) is 2. The standard InChI is InChI=1S/C30H39N3O4/c1-9-22-15-17-24(18-16-22)26(27(34)31-20(2)3)33(21(4)5)28(35)25(19-23-13-11-10-12-14-23)32-29(36)37-30(6,7)8/h1,10-18,20-21,25-26H,19H2,2-8H3,(H,31,34)(H,32,36). The molecular formula is C30H39N3O4. The van der Waals surface area contributed by atoms with E-state index in [1.165, 1.54) is 4.90 Å². The Bertz CT molecular complexity index is 1100. The molecule has 0 aromatic heterocycles. The van der Waals surface area contributed by atoms with Gasteiger partial charge in [-0.2, -0.15) is 0 Å². The number of benzene rings is 2. The Hall–Kier alpha value is -3.79. The highest BCUT2D eigenvalue weighted by molar-refractivity contribution is 5.92. The first-order chi connectivity index (χ1) is 17.3. The molecule has 0 aliphatic rings. The van der Waals surface area contributed by atoms with Crippen LogP contribution in [-0.2, 0) is 20.7 Å². The van der Waals surface area contributed by atoms with Gasteiger partial charge in [0.1, 0.15) is 17.7 Å². The van der Waals surface area contributed by atoms with Crippen LogP contribution >= 0.6 is 0 Å². The molecule has 2 rings (SSSR count). The maximum atomic E-state index is 14.2. The highest BCUT2D eigenvalue weighted by atomic mass is 16.6. The molecule has 3 amide bonds. The molecule has 198 valence electrons. The predicted molar refractivity (Wildman–Crippen MR) is 146 cm³/mol. The molecule has 7 heteroatoms.